The molecular weight excluding hydrogens is 138 g/mol. The van der Waals surface area contributed by atoms with E-state index in [2.05, 4.69) is 27.7 Å². The number of unbranched alkanes of at least 4 members (excludes halogenated alkanes) is 1. The normalized spacial score (nSPS) is 13.9. The number of hydrogen-bond donors (Lipinski definition) is 1. The molecule has 0 aromatic carbocycles. The van der Waals surface area contributed by atoms with E-state index in [0.717, 1.165) is 0 Å². The van der Waals surface area contributed by atoms with Crippen molar-refractivity contribution in [1.82, 2.24) is 0 Å². The van der Waals surface area contributed by atoms with Crippen LogP contribution in [0.3, 0.4) is 0 Å². The molecule has 0 aliphatic heterocycles. The monoisotopic (exact) mass is 161 g/mol. The summed E-state index contributed by atoms with van der Waals surface area (Å²) >= 11 is 0. The van der Waals surface area contributed by atoms with E-state index in [4.69, 9.17) is 5.73 Å². The molecule has 0 rings (SSSR count). The Morgan fingerprint density at radius 3 is 2.09 bits per heavy atom. The third kappa shape index (κ3) is 6.32. The summed E-state index contributed by atoms with van der Waals surface area (Å²) in [6.07, 6.45) is 3.85. The van der Waals surface area contributed by atoms with Gasteiger partial charge in [-0.05, 0) is 26.2 Å². The summed E-state index contributed by atoms with van der Waals surface area (Å²) in [5, 5.41) is 0. The highest BCUT2D eigenvalue weighted by molar-refractivity contribution is 4.78. The first kappa shape index (κ1) is 13.5. The van der Waals surface area contributed by atoms with Crippen molar-refractivity contribution in [3.8, 4) is 0 Å². The van der Waals surface area contributed by atoms with Crippen LogP contribution in [0, 0.1) is 5.92 Å². The first-order chi connectivity index (χ1) is 4.48. The smallest absolute Gasteiger partial charge is 0.0123 e. The van der Waals surface area contributed by atoms with Gasteiger partial charge in [0.05, 0.1) is 0 Å². The van der Waals surface area contributed by atoms with Crippen LogP contribution < -0.4 is 5.73 Å². The lowest BCUT2D eigenvalue weighted by atomic mass is 9.86. The molecule has 0 heterocycles. The van der Waals surface area contributed by atoms with Crippen molar-refractivity contribution in [3.63, 3.8) is 0 Å². The van der Waals surface area contributed by atoms with Gasteiger partial charge in [-0.15, -0.1) is 0 Å². The minimum absolute atomic E-state index is 0. The van der Waals surface area contributed by atoms with Crippen LogP contribution in [0.5, 0.6) is 0 Å². The van der Waals surface area contributed by atoms with Gasteiger partial charge in [-0.1, -0.05) is 26.7 Å². The van der Waals surface area contributed by atoms with Crippen LogP contribution in [0.4, 0.5) is 0 Å². The second-order valence-corrected chi connectivity index (χ2v) is 3.86. The molecule has 2 nitrogen and oxygen atoms in total. The van der Waals surface area contributed by atoms with Gasteiger partial charge in [0.25, 0.3) is 0 Å². The summed E-state index contributed by atoms with van der Waals surface area (Å²) in [5.41, 5.74) is 5.93. The average Bonchev–Trinajstić information content (AvgIpc) is 1.80. The lowest BCUT2D eigenvalue weighted by Crippen LogP contribution is -2.39. The number of hydrogen-bond acceptors (Lipinski definition) is 1. The third-order valence-electron chi connectivity index (χ3n) is 2.26. The van der Waals surface area contributed by atoms with Gasteiger partial charge in [-0.25, -0.2) is 0 Å². The maximum Gasteiger partial charge on any atom is 0.0123 e. The van der Waals surface area contributed by atoms with Crippen LogP contribution in [-0.2, 0) is 0 Å². The Hall–Kier alpha value is -0.0800. The molecule has 70 valence electrons. The molecular formula is C9H23NO. The third-order valence-corrected chi connectivity index (χ3v) is 2.26. The Morgan fingerprint density at radius 1 is 1.36 bits per heavy atom. The van der Waals surface area contributed by atoms with Gasteiger partial charge in [0, 0.05) is 5.54 Å². The number of rotatable bonds is 4. The first-order valence-electron chi connectivity index (χ1n) is 4.27. The maximum atomic E-state index is 5.92. The van der Waals surface area contributed by atoms with E-state index < -0.39 is 0 Å². The second kappa shape index (κ2) is 5.56. The minimum atomic E-state index is 0. The molecule has 11 heavy (non-hydrogen) atoms. The predicted octanol–water partition coefficient (Wildman–Crippen LogP) is 1.73. The van der Waals surface area contributed by atoms with Crippen LogP contribution in [0.25, 0.3) is 0 Å². The first-order valence-corrected chi connectivity index (χ1v) is 4.27. The molecule has 0 aromatic rings. The zero-order valence-electron chi connectivity index (χ0n) is 8.28. The standard InChI is InChI=1S/C9H21N.H2O/c1-5-6-7-8(2)9(3,4)10;/h8H,5-7,10H2,1-4H3;1H2. The number of nitrogens with two attached hydrogens (primary N) is 1. The van der Waals surface area contributed by atoms with Gasteiger partial charge in [-0.3, -0.25) is 0 Å². The lowest BCUT2D eigenvalue weighted by Gasteiger charge is -2.26. The Bertz CT molecular complexity index is 86.1. The highest BCUT2D eigenvalue weighted by Crippen LogP contribution is 2.18. The quantitative estimate of drug-likeness (QED) is 0.670. The van der Waals surface area contributed by atoms with Crippen LogP contribution in [0.1, 0.15) is 47.0 Å². The fourth-order valence-corrected chi connectivity index (χ4v) is 0.882. The zero-order valence-corrected chi connectivity index (χ0v) is 8.28. The Balaban J connectivity index is 0. The molecule has 0 saturated heterocycles. The van der Waals surface area contributed by atoms with Crippen molar-refractivity contribution < 1.29 is 5.48 Å². The molecule has 0 spiro atoms. The SMILES string of the molecule is CCCCC(C)C(C)(C)N.O. The molecule has 0 saturated carbocycles. The van der Waals surface area contributed by atoms with Crippen LogP contribution >= 0.6 is 0 Å². The molecule has 2 heteroatoms. The fraction of sp³-hybridized carbons (Fsp3) is 1.00. The van der Waals surface area contributed by atoms with Crippen LogP contribution in [0.15, 0.2) is 0 Å². The van der Waals surface area contributed by atoms with E-state index in [1.54, 1.807) is 0 Å². The average molecular weight is 161 g/mol. The summed E-state index contributed by atoms with van der Waals surface area (Å²) in [7, 11) is 0. The van der Waals surface area contributed by atoms with Crippen molar-refractivity contribution in [2.45, 2.75) is 52.5 Å². The van der Waals surface area contributed by atoms with E-state index in [0.29, 0.717) is 5.92 Å². The van der Waals surface area contributed by atoms with Crippen molar-refractivity contribution in [2.24, 2.45) is 11.7 Å². The molecule has 1 unspecified atom stereocenters. The molecule has 0 amide bonds. The van der Waals surface area contributed by atoms with E-state index in [1.807, 2.05) is 0 Å². The summed E-state index contributed by atoms with van der Waals surface area (Å²) < 4.78 is 0. The van der Waals surface area contributed by atoms with Crippen LogP contribution in [-0.4, -0.2) is 11.0 Å². The van der Waals surface area contributed by atoms with Gasteiger partial charge in [-0.2, -0.15) is 0 Å². The molecule has 0 aliphatic carbocycles. The molecule has 0 fully saturated rings. The summed E-state index contributed by atoms with van der Waals surface area (Å²) in [5.74, 6) is 0.646. The fourth-order valence-electron chi connectivity index (χ4n) is 0.882. The van der Waals surface area contributed by atoms with Crippen molar-refractivity contribution >= 4 is 0 Å². The highest BCUT2D eigenvalue weighted by atomic mass is 16.0. The van der Waals surface area contributed by atoms with E-state index in [9.17, 15) is 0 Å². The topological polar surface area (TPSA) is 57.5 Å². The molecule has 0 aliphatic rings. The predicted molar refractivity (Wildman–Crippen MR) is 50.6 cm³/mol. The Kier molecular flexibility index (Phi) is 6.82. The summed E-state index contributed by atoms with van der Waals surface area (Å²) in [6.45, 7) is 8.66. The van der Waals surface area contributed by atoms with Gasteiger partial charge in [0.15, 0.2) is 0 Å². The second-order valence-electron chi connectivity index (χ2n) is 3.86. The molecule has 4 N–H and O–H groups in total. The molecule has 1 atom stereocenters. The van der Waals surface area contributed by atoms with Crippen molar-refractivity contribution in [2.75, 3.05) is 0 Å². The van der Waals surface area contributed by atoms with Crippen molar-refractivity contribution in [1.29, 1.82) is 0 Å². The largest absolute Gasteiger partial charge is 0.412 e. The van der Waals surface area contributed by atoms with E-state index in [-0.39, 0.29) is 11.0 Å². The molecule has 0 bridgehead atoms. The van der Waals surface area contributed by atoms with Gasteiger partial charge >= 0.3 is 0 Å². The van der Waals surface area contributed by atoms with E-state index >= 15 is 0 Å². The minimum Gasteiger partial charge on any atom is -0.412 e. The van der Waals surface area contributed by atoms with Gasteiger partial charge in [0.1, 0.15) is 0 Å². The molecule has 0 aromatic heterocycles. The summed E-state index contributed by atoms with van der Waals surface area (Å²) in [6, 6.07) is 0. The van der Waals surface area contributed by atoms with Crippen molar-refractivity contribution in [3.05, 3.63) is 0 Å². The van der Waals surface area contributed by atoms with Gasteiger partial charge < -0.3 is 11.2 Å². The van der Waals surface area contributed by atoms with Crippen LogP contribution in [0.2, 0.25) is 0 Å². The lowest BCUT2D eigenvalue weighted by molar-refractivity contribution is 0.319. The Morgan fingerprint density at radius 2 is 1.82 bits per heavy atom. The molecule has 0 radical (unpaired) electrons. The maximum absolute atomic E-state index is 5.92. The Labute approximate surface area is 70.5 Å². The zero-order chi connectivity index (χ0) is 8.20. The summed E-state index contributed by atoms with van der Waals surface area (Å²) in [4.78, 5) is 0. The van der Waals surface area contributed by atoms with E-state index in [1.165, 1.54) is 19.3 Å². The highest BCUT2D eigenvalue weighted by Gasteiger charge is 2.18. The van der Waals surface area contributed by atoms with Gasteiger partial charge in [0.2, 0.25) is 0 Å².